The normalized spacial score (nSPS) is 15.1. The lowest BCUT2D eigenvalue weighted by molar-refractivity contribution is -0.149. The molecule has 1 amide bonds. The number of esters is 1. The molecule has 0 unspecified atom stereocenters. The summed E-state index contributed by atoms with van der Waals surface area (Å²) >= 11 is 0. The average Bonchev–Trinajstić information content (AvgIpc) is 3.35. The van der Waals surface area contributed by atoms with Gasteiger partial charge in [-0.15, -0.1) is 5.10 Å². The largest absolute Gasteiger partial charge is 0.463 e. The number of hydrogen-bond acceptors (Lipinski definition) is 8. The first kappa shape index (κ1) is 18.0. The number of piperidine rings is 1. The maximum Gasteiger partial charge on any atom is 0.309 e. The molecule has 0 aliphatic carbocycles. The lowest BCUT2D eigenvalue weighted by Crippen LogP contribution is -2.37. The Kier molecular flexibility index (Phi) is 4.92. The molecule has 28 heavy (non-hydrogen) atoms. The second kappa shape index (κ2) is 7.67. The molecule has 0 bridgehead atoms. The van der Waals surface area contributed by atoms with Gasteiger partial charge >= 0.3 is 5.97 Å². The molecule has 2 aromatic heterocycles. The molecular weight excluding hydrogens is 364 g/mol. The monoisotopic (exact) mass is 384 g/mol. The number of aromatic nitrogens is 4. The summed E-state index contributed by atoms with van der Waals surface area (Å²) in [4.78, 5) is 29.8. The van der Waals surface area contributed by atoms with E-state index in [1.807, 2.05) is 29.2 Å². The van der Waals surface area contributed by atoms with Gasteiger partial charge in [0.25, 0.3) is 11.9 Å². The fraction of sp³-hybridized carbons (Fsp3) is 0.389. The number of carbonyl (C=O) groups excluding carboxylic acids is 2. The van der Waals surface area contributed by atoms with E-state index in [2.05, 4.69) is 15.3 Å². The Morgan fingerprint density at radius 3 is 2.75 bits per heavy atom. The van der Waals surface area contributed by atoms with Crippen LogP contribution >= 0.6 is 0 Å². The molecule has 0 saturated carbocycles. The minimum absolute atomic E-state index is 0.0814. The molecule has 146 valence electrons. The topological polar surface area (TPSA) is 129 Å². The van der Waals surface area contributed by atoms with E-state index in [1.54, 1.807) is 0 Å². The van der Waals surface area contributed by atoms with Gasteiger partial charge in [-0.2, -0.15) is 4.98 Å². The number of hydrogen-bond donors (Lipinski definition) is 1. The molecule has 1 aliphatic heterocycles. The molecule has 1 fully saturated rings. The van der Waals surface area contributed by atoms with E-state index >= 15 is 0 Å². The van der Waals surface area contributed by atoms with Crippen molar-refractivity contribution < 1.29 is 18.7 Å². The zero-order valence-electron chi connectivity index (χ0n) is 15.2. The van der Waals surface area contributed by atoms with Crippen molar-refractivity contribution in [1.82, 2.24) is 20.0 Å². The number of anilines is 1. The Hall–Kier alpha value is -3.43. The number of oxazole rings is 1. The Bertz CT molecular complexity index is 956. The highest BCUT2D eigenvalue weighted by Gasteiger charge is 2.28. The van der Waals surface area contributed by atoms with Crippen LogP contribution in [0.3, 0.4) is 0 Å². The van der Waals surface area contributed by atoms with Crippen molar-refractivity contribution in [2.24, 2.45) is 11.7 Å². The van der Waals surface area contributed by atoms with Crippen LogP contribution in [0.5, 0.6) is 0 Å². The number of carbonyl (C=O) groups is 2. The Morgan fingerprint density at radius 1 is 1.25 bits per heavy atom. The average molecular weight is 384 g/mol. The van der Waals surface area contributed by atoms with Gasteiger partial charge in [-0.3, -0.25) is 9.59 Å². The molecule has 0 radical (unpaired) electrons. The minimum atomic E-state index is -0.644. The van der Waals surface area contributed by atoms with Gasteiger partial charge in [0.05, 0.1) is 18.7 Å². The van der Waals surface area contributed by atoms with Gasteiger partial charge in [0.15, 0.2) is 11.3 Å². The molecule has 1 saturated heterocycles. The SMILES string of the molecule is NC(=O)c1cn(CCOC(=O)C2CCN(c3nc4ccccc4o3)CC2)nn1. The molecule has 3 aromatic rings. The van der Waals surface area contributed by atoms with Gasteiger partial charge in [-0.05, 0) is 25.0 Å². The van der Waals surface area contributed by atoms with Gasteiger partial charge in [0.1, 0.15) is 12.1 Å². The highest BCUT2D eigenvalue weighted by atomic mass is 16.5. The van der Waals surface area contributed by atoms with Crippen LogP contribution < -0.4 is 10.6 Å². The highest BCUT2D eigenvalue weighted by molar-refractivity contribution is 5.90. The number of fused-ring (bicyclic) bond motifs is 1. The first-order valence-corrected chi connectivity index (χ1v) is 9.07. The van der Waals surface area contributed by atoms with Gasteiger partial charge in [0, 0.05) is 13.1 Å². The predicted octanol–water partition coefficient (Wildman–Crippen LogP) is 0.978. The molecule has 3 heterocycles. The summed E-state index contributed by atoms with van der Waals surface area (Å²) in [6.07, 6.45) is 2.77. The molecule has 1 aromatic carbocycles. The van der Waals surface area contributed by atoms with Gasteiger partial charge < -0.3 is 19.8 Å². The second-order valence-electron chi connectivity index (χ2n) is 6.62. The summed E-state index contributed by atoms with van der Waals surface area (Å²) in [6.45, 7) is 1.83. The van der Waals surface area contributed by atoms with E-state index < -0.39 is 5.91 Å². The molecule has 0 atom stereocenters. The van der Waals surface area contributed by atoms with E-state index in [9.17, 15) is 9.59 Å². The van der Waals surface area contributed by atoms with Crippen molar-refractivity contribution in [1.29, 1.82) is 0 Å². The molecule has 0 spiro atoms. The van der Waals surface area contributed by atoms with E-state index in [-0.39, 0.29) is 24.2 Å². The van der Waals surface area contributed by atoms with Gasteiger partial charge in [-0.1, -0.05) is 17.3 Å². The molecule has 1 aliphatic rings. The zero-order valence-corrected chi connectivity index (χ0v) is 15.2. The lowest BCUT2D eigenvalue weighted by Gasteiger charge is -2.29. The fourth-order valence-corrected chi connectivity index (χ4v) is 3.18. The van der Waals surface area contributed by atoms with E-state index in [0.29, 0.717) is 38.5 Å². The standard InChI is InChI=1S/C18H20N6O4/c19-16(25)14-11-24(22-21-14)9-10-27-17(26)12-5-7-23(8-6-12)18-20-13-3-1-2-4-15(13)28-18/h1-4,11-12H,5-10H2,(H2,19,25). The van der Waals surface area contributed by atoms with E-state index in [4.69, 9.17) is 14.9 Å². The van der Waals surface area contributed by atoms with Crippen molar-refractivity contribution in [3.63, 3.8) is 0 Å². The third-order valence-corrected chi connectivity index (χ3v) is 4.74. The van der Waals surface area contributed by atoms with Crippen LogP contribution in [-0.2, 0) is 16.1 Å². The number of nitrogens with zero attached hydrogens (tertiary/aromatic N) is 5. The second-order valence-corrected chi connectivity index (χ2v) is 6.62. The molecule has 4 rings (SSSR count). The Labute approximate surface area is 160 Å². The molecule has 2 N–H and O–H groups in total. The summed E-state index contributed by atoms with van der Waals surface area (Å²) < 4.78 is 12.5. The number of rotatable bonds is 6. The number of nitrogens with two attached hydrogens (primary N) is 1. The number of para-hydroxylation sites is 2. The summed E-state index contributed by atoms with van der Waals surface area (Å²) in [5, 5.41) is 7.39. The van der Waals surface area contributed by atoms with Crippen LogP contribution in [0.25, 0.3) is 11.1 Å². The van der Waals surface area contributed by atoms with Crippen molar-refractivity contribution in [3.8, 4) is 0 Å². The van der Waals surface area contributed by atoms with Crippen LogP contribution in [0, 0.1) is 5.92 Å². The Balaban J connectivity index is 1.25. The van der Waals surface area contributed by atoms with Crippen molar-refractivity contribution in [2.75, 3.05) is 24.6 Å². The van der Waals surface area contributed by atoms with Crippen LogP contribution in [0.2, 0.25) is 0 Å². The van der Waals surface area contributed by atoms with Crippen LogP contribution in [0.15, 0.2) is 34.9 Å². The third kappa shape index (κ3) is 3.80. The first-order valence-electron chi connectivity index (χ1n) is 9.07. The Morgan fingerprint density at radius 2 is 2.04 bits per heavy atom. The smallest absolute Gasteiger partial charge is 0.309 e. The molecular formula is C18H20N6O4. The number of benzene rings is 1. The van der Waals surface area contributed by atoms with Gasteiger partial charge in [0.2, 0.25) is 0 Å². The van der Waals surface area contributed by atoms with Crippen molar-refractivity contribution in [2.45, 2.75) is 19.4 Å². The number of primary amides is 1. The summed E-state index contributed by atoms with van der Waals surface area (Å²) in [5.41, 5.74) is 6.78. The van der Waals surface area contributed by atoms with Crippen LogP contribution in [-0.4, -0.2) is 51.6 Å². The van der Waals surface area contributed by atoms with E-state index in [1.165, 1.54) is 10.9 Å². The summed E-state index contributed by atoms with van der Waals surface area (Å²) in [7, 11) is 0. The van der Waals surface area contributed by atoms with Crippen molar-refractivity contribution in [3.05, 3.63) is 36.2 Å². The first-order chi connectivity index (χ1) is 13.6. The molecule has 10 heteroatoms. The maximum absolute atomic E-state index is 12.3. The van der Waals surface area contributed by atoms with Crippen LogP contribution in [0.1, 0.15) is 23.3 Å². The quantitative estimate of drug-likeness (QED) is 0.623. The van der Waals surface area contributed by atoms with Crippen molar-refractivity contribution >= 4 is 29.0 Å². The highest BCUT2D eigenvalue weighted by Crippen LogP contribution is 2.26. The van der Waals surface area contributed by atoms with Crippen LogP contribution in [0.4, 0.5) is 6.01 Å². The number of ether oxygens (including phenoxy) is 1. The lowest BCUT2D eigenvalue weighted by atomic mass is 9.97. The summed E-state index contributed by atoms with van der Waals surface area (Å²) in [5.74, 6) is -1.03. The zero-order chi connectivity index (χ0) is 19.5. The molecule has 10 nitrogen and oxygen atoms in total. The number of amides is 1. The summed E-state index contributed by atoms with van der Waals surface area (Å²) in [6, 6.07) is 8.22. The third-order valence-electron chi connectivity index (χ3n) is 4.74. The van der Waals surface area contributed by atoms with Gasteiger partial charge in [-0.25, -0.2) is 4.68 Å². The maximum atomic E-state index is 12.3. The predicted molar refractivity (Wildman–Crippen MR) is 98.4 cm³/mol. The minimum Gasteiger partial charge on any atom is -0.463 e. The fourth-order valence-electron chi connectivity index (χ4n) is 3.18. The van der Waals surface area contributed by atoms with E-state index in [0.717, 1.165) is 11.1 Å².